The van der Waals surface area contributed by atoms with Crippen molar-refractivity contribution in [3.63, 3.8) is 0 Å². The summed E-state index contributed by atoms with van der Waals surface area (Å²) in [5.41, 5.74) is 3.44. The second-order valence-corrected chi connectivity index (χ2v) is 8.88. The number of piperazine rings is 1. The van der Waals surface area contributed by atoms with E-state index < -0.39 is 0 Å². The largest absolute Gasteiger partial charge is 0.392 e. The summed E-state index contributed by atoms with van der Waals surface area (Å²) in [5.74, 6) is 1.35. The molecule has 1 unspecified atom stereocenters. The van der Waals surface area contributed by atoms with Crippen LogP contribution >= 0.6 is 0 Å². The lowest BCUT2D eigenvalue weighted by Crippen LogP contribution is -2.49. The van der Waals surface area contributed by atoms with Gasteiger partial charge in [0.05, 0.1) is 6.10 Å². The van der Waals surface area contributed by atoms with E-state index in [2.05, 4.69) is 16.4 Å². The van der Waals surface area contributed by atoms with Crippen LogP contribution in [-0.2, 0) is 6.42 Å². The number of rotatable bonds is 9. The van der Waals surface area contributed by atoms with E-state index in [-0.39, 0.29) is 11.9 Å². The first-order chi connectivity index (χ1) is 16.5. The van der Waals surface area contributed by atoms with Gasteiger partial charge >= 0.3 is 0 Å². The topological polar surface area (TPSA) is 52.5 Å². The summed E-state index contributed by atoms with van der Waals surface area (Å²) < 4.78 is 14.5. The van der Waals surface area contributed by atoms with Crippen molar-refractivity contribution in [1.29, 1.82) is 0 Å². The molecule has 0 aliphatic carbocycles. The summed E-state index contributed by atoms with van der Waals surface area (Å²) in [4.78, 5) is 14.4. The molecule has 0 saturated carbocycles. The second-order valence-electron chi connectivity index (χ2n) is 8.88. The Kier molecular flexibility index (Phi) is 8.03. The Morgan fingerprint density at radius 1 is 1.03 bits per heavy atom. The van der Waals surface area contributed by atoms with Crippen molar-refractivity contribution >= 4 is 5.82 Å². The maximum absolute atomic E-state index is 14.5. The van der Waals surface area contributed by atoms with E-state index in [0.717, 1.165) is 61.7 Å². The second kappa shape index (κ2) is 11.4. The van der Waals surface area contributed by atoms with Gasteiger partial charge in [0, 0.05) is 56.0 Å². The third kappa shape index (κ3) is 5.88. The van der Waals surface area contributed by atoms with E-state index in [9.17, 15) is 9.50 Å². The smallest absolute Gasteiger partial charge is 0.161 e. The molecular weight excluding hydrogens is 427 g/mol. The molecule has 6 heteroatoms. The third-order valence-corrected chi connectivity index (χ3v) is 6.39. The predicted molar refractivity (Wildman–Crippen MR) is 136 cm³/mol. The third-order valence-electron chi connectivity index (χ3n) is 6.39. The number of aliphatic hydroxyl groups is 1. The van der Waals surface area contributed by atoms with Gasteiger partial charge in [-0.05, 0) is 31.4 Å². The molecule has 2 heterocycles. The summed E-state index contributed by atoms with van der Waals surface area (Å²) in [5, 5.41) is 10.3. The molecule has 2 aromatic carbocycles. The Bertz CT molecular complexity index is 1100. The molecule has 0 amide bonds. The average molecular weight is 461 g/mol. The first kappa shape index (κ1) is 24.0. The van der Waals surface area contributed by atoms with Crippen LogP contribution in [0.5, 0.6) is 0 Å². The Hall–Kier alpha value is -3.09. The predicted octanol–water partition coefficient (Wildman–Crippen LogP) is 4.63. The monoisotopic (exact) mass is 460 g/mol. The highest BCUT2D eigenvalue weighted by atomic mass is 19.1. The minimum atomic E-state index is -0.341. The molecule has 1 aliphatic rings. The summed E-state index contributed by atoms with van der Waals surface area (Å²) in [7, 11) is 0. The van der Waals surface area contributed by atoms with Crippen molar-refractivity contribution in [2.45, 2.75) is 32.3 Å². The highest BCUT2D eigenvalue weighted by molar-refractivity contribution is 5.61. The van der Waals surface area contributed by atoms with E-state index in [1.807, 2.05) is 55.5 Å². The minimum Gasteiger partial charge on any atom is -0.392 e. The van der Waals surface area contributed by atoms with Gasteiger partial charge in [0.1, 0.15) is 11.6 Å². The van der Waals surface area contributed by atoms with Crippen molar-refractivity contribution in [1.82, 2.24) is 14.9 Å². The highest BCUT2D eigenvalue weighted by Crippen LogP contribution is 2.29. The molecule has 1 aliphatic heterocycles. The van der Waals surface area contributed by atoms with Crippen molar-refractivity contribution in [3.05, 3.63) is 89.9 Å². The van der Waals surface area contributed by atoms with Crippen molar-refractivity contribution in [2.24, 2.45) is 0 Å². The van der Waals surface area contributed by atoms with Crippen molar-refractivity contribution in [2.75, 3.05) is 37.6 Å². The van der Waals surface area contributed by atoms with Crippen molar-refractivity contribution in [3.8, 4) is 11.4 Å². The van der Waals surface area contributed by atoms with Crippen LogP contribution in [0.25, 0.3) is 11.4 Å². The first-order valence-electron chi connectivity index (χ1n) is 12.0. The number of aromatic nitrogens is 2. The average Bonchev–Trinajstić information content (AvgIpc) is 2.86. The molecule has 3 aromatic rings. The molecule has 0 bridgehead atoms. The van der Waals surface area contributed by atoms with Crippen LogP contribution in [-0.4, -0.2) is 58.8 Å². The zero-order valence-corrected chi connectivity index (χ0v) is 19.8. The van der Waals surface area contributed by atoms with Crippen LogP contribution in [0.15, 0.2) is 67.3 Å². The van der Waals surface area contributed by atoms with Gasteiger partial charge in [-0.25, -0.2) is 14.4 Å². The van der Waals surface area contributed by atoms with Crippen LogP contribution in [0.1, 0.15) is 29.7 Å². The minimum absolute atomic E-state index is 0.210. The van der Waals surface area contributed by atoms with E-state index in [1.54, 1.807) is 6.07 Å². The highest BCUT2D eigenvalue weighted by Gasteiger charge is 2.24. The van der Waals surface area contributed by atoms with Gasteiger partial charge in [-0.2, -0.15) is 0 Å². The number of aryl methyl sites for hydroxylation is 1. The number of nitrogens with zero attached hydrogens (tertiary/aromatic N) is 4. The number of β-amino-alcohol motifs (C(OH)–C–C–N with tert-alkyl or cyclic N) is 1. The van der Waals surface area contributed by atoms with Crippen LogP contribution in [0.2, 0.25) is 0 Å². The number of halogens is 1. The van der Waals surface area contributed by atoms with Crippen LogP contribution in [0, 0.1) is 12.7 Å². The standard InChI is InChI=1S/C28H33FN4O/c1-3-4-13-24(34)20-32-15-17-33(18-16-32)28-25(19-23-12-8-9-14-26(23)29)21(2)30-27(31-28)22-10-6-5-7-11-22/h3,5-12,14,24,34H,1,4,13,15-20H2,2H3. The summed E-state index contributed by atoms with van der Waals surface area (Å²) in [6.45, 7) is 9.66. The van der Waals surface area contributed by atoms with Gasteiger partial charge in [-0.3, -0.25) is 4.90 Å². The fourth-order valence-corrected chi connectivity index (χ4v) is 4.44. The molecule has 1 atom stereocenters. The Balaban J connectivity index is 1.60. The Morgan fingerprint density at radius 3 is 2.44 bits per heavy atom. The number of hydrogen-bond acceptors (Lipinski definition) is 5. The summed E-state index contributed by atoms with van der Waals surface area (Å²) in [6.07, 6.45) is 3.52. The molecule has 1 N–H and O–H groups in total. The zero-order valence-electron chi connectivity index (χ0n) is 19.8. The van der Waals surface area contributed by atoms with Gasteiger partial charge in [0.25, 0.3) is 0 Å². The van der Waals surface area contributed by atoms with Gasteiger partial charge in [0.15, 0.2) is 5.82 Å². The maximum atomic E-state index is 14.5. The molecule has 1 saturated heterocycles. The molecule has 5 nitrogen and oxygen atoms in total. The number of hydrogen-bond donors (Lipinski definition) is 1. The molecule has 4 rings (SSSR count). The fourth-order valence-electron chi connectivity index (χ4n) is 4.44. The molecular formula is C28H33FN4O. The number of aliphatic hydroxyl groups excluding tert-OH is 1. The molecule has 34 heavy (non-hydrogen) atoms. The lowest BCUT2D eigenvalue weighted by molar-refractivity contribution is 0.103. The van der Waals surface area contributed by atoms with Gasteiger partial charge in [0.2, 0.25) is 0 Å². The fraction of sp³-hybridized carbons (Fsp3) is 0.357. The Labute approximate surface area is 201 Å². The summed E-state index contributed by atoms with van der Waals surface area (Å²) in [6, 6.07) is 16.9. The van der Waals surface area contributed by atoms with E-state index in [0.29, 0.717) is 24.4 Å². The van der Waals surface area contributed by atoms with Gasteiger partial charge in [-0.1, -0.05) is 54.6 Å². The zero-order chi connectivity index (χ0) is 23.9. The molecule has 1 fully saturated rings. The number of anilines is 1. The maximum Gasteiger partial charge on any atom is 0.161 e. The van der Waals surface area contributed by atoms with Crippen molar-refractivity contribution < 1.29 is 9.50 Å². The van der Waals surface area contributed by atoms with Gasteiger partial charge in [-0.15, -0.1) is 6.58 Å². The van der Waals surface area contributed by atoms with E-state index in [1.165, 1.54) is 6.07 Å². The quantitative estimate of drug-likeness (QED) is 0.472. The molecule has 178 valence electrons. The molecule has 0 radical (unpaired) electrons. The molecule has 1 aromatic heterocycles. The van der Waals surface area contributed by atoms with E-state index >= 15 is 0 Å². The lowest BCUT2D eigenvalue weighted by Gasteiger charge is -2.37. The molecule has 0 spiro atoms. The van der Waals surface area contributed by atoms with E-state index in [4.69, 9.17) is 9.97 Å². The van der Waals surface area contributed by atoms with Gasteiger partial charge < -0.3 is 10.0 Å². The van der Waals surface area contributed by atoms with Crippen LogP contribution in [0.4, 0.5) is 10.2 Å². The van der Waals surface area contributed by atoms with Crippen LogP contribution in [0.3, 0.4) is 0 Å². The SMILES string of the molecule is C=CCCC(O)CN1CCN(c2nc(-c3ccccc3)nc(C)c2Cc2ccccc2F)CC1. The number of allylic oxidation sites excluding steroid dienone is 1. The number of benzene rings is 2. The normalized spacial score (nSPS) is 15.3. The summed E-state index contributed by atoms with van der Waals surface area (Å²) >= 11 is 0. The van der Waals surface area contributed by atoms with Crippen LogP contribution < -0.4 is 4.90 Å². The first-order valence-corrected chi connectivity index (χ1v) is 12.0. The Morgan fingerprint density at radius 2 is 1.74 bits per heavy atom. The lowest BCUT2D eigenvalue weighted by atomic mass is 10.0.